The van der Waals surface area contributed by atoms with Crippen LogP contribution in [0.3, 0.4) is 0 Å². The predicted octanol–water partition coefficient (Wildman–Crippen LogP) is -1.65. The van der Waals surface area contributed by atoms with Crippen molar-refractivity contribution in [2.45, 2.75) is 176 Å². The Morgan fingerprint density at radius 1 is 0.539 bits per heavy atom. The summed E-state index contributed by atoms with van der Waals surface area (Å²) in [5.41, 5.74) is 35.4. The van der Waals surface area contributed by atoms with Crippen LogP contribution in [0.2, 0.25) is 0 Å². The fourth-order valence-electron chi connectivity index (χ4n) is 10.2. The maximum Gasteiger partial charge on any atom is 0.330 e. The first-order valence-corrected chi connectivity index (χ1v) is 38.7. The molecule has 41 nitrogen and oxygen atoms in total. The number of aliphatic hydroxyl groups is 5. The molecule has 6 aliphatic rings. The Balaban J connectivity index is 0.000000187. The Hall–Kier alpha value is -6.37. The van der Waals surface area contributed by atoms with E-state index in [1.54, 1.807) is 41.5 Å². The average Bonchev–Trinajstić information content (AvgIpc) is 1.65. The van der Waals surface area contributed by atoms with E-state index in [0.29, 0.717) is 26.1 Å². The van der Waals surface area contributed by atoms with Crippen molar-refractivity contribution in [1.82, 2.24) is 38.2 Å². The number of ether oxygens (including phenoxy) is 8. The van der Waals surface area contributed by atoms with Gasteiger partial charge >= 0.3 is 73.2 Å². The molecule has 16 atom stereocenters. The molecular formula is C45H60I3N22O19-. The third kappa shape index (κ3) is 15.0. The number of hydrogen-bond acceptors (Lipinski definition) is 27. The smallest absolute Gasteiger partial charge is 0.330 e. The number of H-pyrrole nitrogens is 2. The SMILES string of the molecule is CC[C@@]1(N=[N+]=[N-])O[C@@H](n2ccc(=O)[nH]c2=O)C2OC(C)(C)O[C@@H]21.CC[C@@]1(N=[N+]=[N-])O[C@@H](n2ccc(N)nc2=O)C(O)[C@@H]1O.CC[C@]1(N=[N+]=[N-])O[C@@H](n2ccc(N)nc2=O)C2OC(C)(C)O[C@@H]21.I[I-]I.[N-]=[N+]=N[C@]1(CO)O[C@@H](n2ccc(=O)[nH]c2=O)[C@H](O)[C@@H]1O. The number of aliphatic hydroxyl groups excluding tert-OH is 5. The Morgan fingerprint density at radius 2 is 0.854 bits per heavy atom. The number of nitrogens with one attached hydrogen (secondary N) is 2. The van der Waals surface area contributed by atoms with Gasteiger partial charge in [0.2, 0.25) is 5.72 Å². The van der Waals surface area contributed by atoms with E-state index < -0.39 is 149 Å². The van der Waals surface area contributed by atoms with Crippen LogP contribution in [0.4, 0.5) is 11.6 Å². The van der Waals surface area contributed by atoms with Crippen LogP contribution in [-0.2, 0) is 37.9 Å². The molecule has 0 radical (unpaired) electrons. The van der Waals surface area contributed by atoms with Gasteiger partial charge < -0.3 is 74.9 Å². The molecule has 44 heteroatoms. The van der Waals surface area contributed by atoms with E-state index in [-0.39, 0.29) is 18.1 Å². The molecule has 0 amide bonds. The number of nitrogens with zero attached hydrogens (tertiary/aromatic N) is 18. The van der Waals surface area contributed by atoms with Crippen LogP contribution >= 0.6 is 37.2 Å². The van der Waals surface area contributed by atoms with Crippen LogP contribution in [-0.4, -0.2) is 154 Å². The Morgan fingerprint density at radius 3 is 1.22 bits per heavy atom. The van der Waals surface area contributed by atoms with Gasteiger partial charge in [0, 0.05) is 56.6 Å². The standard InChI is InChI=1S/C13H18N6O4.C13H17N5O5.C10H14N6O4.C9H11N5O6.I3/c1-4-13(17-18-15)9-8(21-12(2,3)22-9)10(23-13)19-6-5-7(14)16-11(19)20;1-4-13(16-17-14)9-8(21-12(2,3)22-9)10(23-13)18-6-5-7(19)15-11(18)20;1-2-10(14-15-12)7(18)6(17)8(20-10)16-4-3-5(11)13-9(16)19;10-13-12-9(3-15)6(18)5(17)7(20-9)14-2-1-4(16)11-8(14)19;1-3-2/h5-6,8-10H,4H2,1-3H3,(H2,14,16,20);5-6,8-10H,4H2,1-3H3,(H,15,19,20);3-4,6-8,17-18H,2H2,1H3,(H2,11,13,19);1-2,5-7,15,17-18H,3H2,(H,11,16,19);/q;;;;-1/t8?,9-,10+,13-;8?,9-,10+,13+;6?,7-,8+,10+;5-,6+,7-,9-;/m0001./s1. The number of hydrogen-bond donors (Lipinski definition) is 9. The molecule has 486 valence electrons. The van der Waals surface area contributed by atoms with Crippen molar-refractivity contribution in [1.29, 1.82) is 0 Å². The Labute approximate surface area is 528 Å². The maximum atomic E-state index is 12.1. The number of nitrogens with two attached hydrogens (primary N) is 2. The zero-order valence-corrected chi connectivity index (χ0v) is 54.1. The van der Waals surface area contributed by atoms with E-state index in [4.69, 9.17) is 71.5 Å². The van der Waals surface area contributed by atoms with Crippen molar-refractivity contribution < 1.29 is 76.7 Å². The molecule has 4 aromatic heterocycles. The second-order valence-corrected chi connectivity index (χ2v) is 36.7. The van der Waals surface area contributed by atoms with Crippen LogP contribution in [0, 0.1) is 0 Å². The van der Waals surface area contributed by atoms with Gasteiger partial charge in [-0.25, -0.2) is 19.2 Å². The van der Waals surface area contributed by atoms with Gasteiger partial charge in [0.05, 0.1) is 6.61 Å². The maximum absolute atomic E-state index is 12.1. The fourth-order valence-corrected chi connectivity index (χ4v) is 10.2. The predicted molar refractivity (Wildman–Crippen MR) is 314 cm³/mol. The van der Waals surface area contributed by atoms with Crippen LogP contribution in [0.1, 0.15) is 92.6 Å². The van der Waals surface area contributed by atoms with Gasteiger partial charge in [-0.3, -0.25) is 37.8 Å². The molecule has 10 heterocycles. The number of rotatable bonds is 12. The molecule has 6 aliphatic heterocycles. The topological polar surface area (TPSA) is 602 Å². The van der Waals surface area contributed by atoms with E-state index in [9.17, 15) is 54.3 Å². The molecule has 11 N–H and O–H groups in total. The summed E-state index contributed by atoms with van der Waals surface area (Å²) in [5, 5.41) is 63.1. The van der Waals surface area contributed by atoms with Crippen LogP contribution in [0.15, 0.2) is 98.3 Å². The largest absolute Gasteiger partial charge is 0.393 e. The average molecular weight is 1590 g/mol. The van der Waals surface area contributed by atoms with E-state index in [0.717, 1.165) is 21.4 Å². The molecule has 6 fully saturated rings. The molecule has 0 bridgehead atoms. The minimum atomic E-state index is -2.10. The summed E-state index contributed by atoms with van der Waals surface area (Å²) in [5.74, 6) is -1.65. The zero-order valence-electron chi connectivity index (χ0n) is 47.7. The van der Waals surface area contributed by atoms with Gasteiger partial charge in [0.1, 0.15) is 60.5 Å². The Kier molecular flexibility index (Phi) is 23.6. The number of nitrogen functional groups attached to an aromatic ring is 2. The van der Waals surface area contributed by atoms with Crippen molar-refractivity contribution in [3.63, 3.8) is 0 Å². The number of aromatic amines is 2. The molecule has 0 saturated carbocycles. The number of azide groups is 4. The van der Waals surface area contributed by atoms with Gasteiger partial charge in [-0.2, -0.15) is 9.97 Å². The molecule has 0 aromatic carbocycles. The van der Waals surface area contributed by atoms with Gasteiger partial charge in [-0.15, -0.1) is 0 Å². The van der Waals surface area contributed by atoms with E-state index in [1.807, 2.05) is 11.9 Å². The van der Waals surface area contributed by atoms with Crippen molar-refractivity contribution >= 4 is 48.9 Å². The minimum Gasteiger partial charge on any atom is -0.393 e. The fraction of sp³-hybridized carbons (Fsp3) is 0.644. The van der Waals surface area contributed by atoms with Crippen molar-refractivity contribution in [3.05, 3.63) is 153 Å². The molecule has 6 saturated heterocycles. The van der Waals surface area contributed by atoms with Crippen molar-refractivity contribution in [3.8, 4) is 0 Å². The third-order valence-corrected chi connectivity index (χ3v) is 14.3. The molecular weight excluding hydrogens is 1530 g/mol. The van der Waals surface area contributed by atoms with Gasteiger partial charge in [-0.05, 0) is 81.2 Å². The molecule has 89 heavy (non-hydrogen) atoms. The van der Waals surface area contributed by atoms with E-state index in [1.165, 1.54) is 45.9 Å². The summed E-state index contributed by atoms with van der Waals surface area (Å²) < 4.78 is 50.1. The quantitative estimate of drug-likeness (QED) is 0.0332. The van der Waals surface area contributed by atoms with Gasteiger partial charge in [0.25, 0.3) is 11.1 Å². The Bertz CT molecular complexity index is 3770. The number of halogens is 3. The first-order valence-electron chi connectivity index (χ1n) is 26.1. The number of aromatic nitrogens is 8. The molecule has 0 spiro atoms. The first-order chi connectivity index (χ1) is 41.9. The van der Waals surface area contributed by atoms with Crippen LogP contribution in [0.5, 0.6) is 0 Å². The molecule has 10 rings (SSSR count). The monoisotopic (exact) mass is 1590 g/mol. The van der Waals surface area contributed by atoms with Crippen LogP contribution in [0.25, 0.3) is 41.8 Å². The second kappa shape index (κ2) is 29.3. The third-order valence-electron chi connectivity index (χ3n) is 14.3. The van der Waals surface area contributed by atoms with Crippen molar-refractivity contribution in [2.24, 2.45) is 20.5 Å². The van der Waals surface area contributed by atoms with Gasteiger partial charge in [-0.1, -0.05) is 41.2 Å². The molecule has 3 unspecified atom stereocenters. The summed E-state index contributed by atoms with van der Waals surface area (Å²) in [4.78, 5) is 91.8. The summed E-state index contributed by atoms with van der Waals surface area (Å²) in [6.45, 7) is 11.3. The summed E-state index contributed by atoms with van der Waals surface area (Å²) in [7, 11) is 0. The zero-order chi connectivity index (χ0) is 66.2. The molecule has 4 aromatic rings. The second-order valence-electron chi connectivity index (χ2n) is 20.5. The first kappa shape index (κ1) is 71.7. The normalized spacial score (nSPS) is 33.0. The summed E-state index contributed by atoms with van der Waals surface area (Å²) >= 11 is 5.30. The minimum absolute atomic E-state index is 0.0242. The molecule has 0 aliphatic carbocycles. The number of anilines is 2. The van der Waals surface area contributed by atoms with Crippen LogP contribution < -0.4 is 58.6 Å². The summed E-state index contributed by atoms with van der Waals surface area (Å²) in [6, 6.07) is 5.06. The number of fused-ring (bicyclic) bond motifs is 2. The van der Waals surface area contributed by atoms with E-state index >= 15 is 0 Å². The van der Waals surface area contributed by atoms with Gasteiger partial charge in [0.15, 0.2) is 53.7 Å². The van der Waals surface area contributed by atoms with Crippen molar-refractivity contribution in [2.75, 3.05) is 18.1 Å². The summed E-state index contributed by atoms with van der Waals surface area (Å²) in [6.07, 6.45) is -7.23. The van der Waals surface area contributed by atoms with E-state index in [2.05, 4.69) is 92.3 Å².